The summed E-state index contributed by atoms with van der Waals surface area (Å²) in [6.07, 6.45) is -13.8. The standard InChI is InChI=1S/C16H22F6O3/c1-7-8(2)11-5-10(7)6-13(11,4)12(23)25-9(3)14(24,15(17,18)19)16(20,21)22/h7-11,24H,5-6H2,1-4H3. The lowest BCUT2D eigenvalue weighted by Gasteiger charge is -2.41. The Bertz CT molecular complexity index is 527. The number of ether oxygens (including phenoxy) is 1. The number of aliphatic hydroxyl groups is 1. The number of esters is 1. The molecule has 0 saturated heterocycles. The molecule has 25 heavy (non-hydrogen) atoms. The van der Waals surface area contributed by atoms with Crippen LogP contribution in [0.2, 0.25) is 0 Å². The van der Waals surface area contributed by atoms with Crippen molar-refractivity contribution in [1.29, 1.82) is 0 Å². The van der Waals surface area contributed by atoms with E-state index in [0.29, 0.717) is 25.7 Å². The summed E-state index contributed by atoms with van der Waals surface area (Å²) < 4.78 is 81.8. The number of hydrogen-bond donors (Lipinski definition) is 1. The van der Waals surface area contributed by atoms with Gasteiger partial charge in [0, 0.05) is 0 Å². The summed E-state index contributed by atoms with van der Waals surface area (Å²) >= 11 is 0. The summed E-state index contributed by atoms with van der Waals surface area (Å²) in [7, 11) is 0. The van der Waals surface area contributed by atoms with Crippen LogP contribution in [0, 0.1) is 29.1 Å². The van der Waals surface area contributed by atoms with Crippen molar-refractivity contribution < 1.29 is 41.0 Å². The second-order valence-corrected chi connectivity index (χ2v) is 7.75. The van der Waals surface area contributed by atoms with E-state index in [-0.39, 0.29) is 17.8 Å². The van der Waals surface area contributed by atoms with Crippen LogP contribution in [-0.2, 0) is 9.53 Å². The molecule has 2 fully saturated rings. The van der Waals surface area contributed by atoms with Gasteiger partial charge in [-0.15, -0.1) is 0 Å². The molecule has 2 saturated carbocycles. The maximum atomic E-state index is 12.9. The maximum Gasteiger partial charge on any atom is 0.430 e. The van der Waals surface area contributed by atoms with Gasteiger partial charge in [-0.2, -0.15) is 26.3 Å². The number of carbonyl (C=O) groups is 1. The average molecular weight is 376 g/mol. The summed E-state index contributed by atoms with van der Waals surface area (Å²) in [5, 5.41) is 9.33. The van der Waals surface area contributed by atoms with Crippen molar-refractivity contribution in [2.75, 3.05) is 0 Å². The fourth-order valence-corrected chi connectivity index (χ4v) is 4.59. The van der Waals surface area contributed by atoms with E-state index >= 15 is 0 Å². The van der Waals surface area contributed by atoms with Crippen LogP contribution < -0.4 is 0 Å². The zero-order valence-corrected chi connectivity index (χ0v) is 14.3. The summed E-state index contributed by atoms with van der Waals surface area (Å²) in [6.45, 7) is 5.89. The highest BCUT2D eigenvalue weighted by molar-refractivity contribution is 5.78. The van der Waals surface area contributed by atoms with Crippen LogP contribution in [0.15, 0.2) is 0 Å². The summed E-state index contributed by atoms with van der Waals surface area (Å²) in [4.78, 5) is 12.5. The van der Waals surface area contributed by atoms with Crippen LogP contribution in [0.4, 0.5) is 26.3 Å². The first-order valence-electron chi connectivity index (χ1n) is 8.14. The molecule has 2 aliphatic carbocycles. The van der Waals surface area contributed by atoms with Gasteiger partial charge >= 0.3 is 18.3 Å². The van der Waals surface area contributed by atoms with Crippen molar-refractivity contribution in [3.05, 3.63) is 0 Å². The molecule has 2 rings (SSSR count). The molecule has 0 aromatic rings. The molecule has 146 valence electrons. The van der Waals surface area contributed by atoms with Gasteiger partial charge in [-0.05, 0) is 50.4 Å². The smallest absolute Gasteiger partial charge is 0.430 e. The first-order chi connectivity index (χ1) is 11.1. The Balaban J connectivity index is 2.23. The molecule has 0 radical (unpaired) electrons. The Morgan fingerprint density at radius 3 is 1.96 bits per heavy atom. The first kappa shape index (κ1) is 20.3. The number of rotatable bonds is 3. The van der Waals surface area contributed by atoms with Gasteiger partial charge in [0.2, 0.25) is 0 Å². The van der Waals surface area contributed by atoms with Crippen molar-refractivity contribution in [3.63, 3.8) is 0 Å². The van der Waals surface area contributed by atoms with E-state index in [1.807, 2.05) is 13.8 Å². The molecule has 1 N–H and O–H groups in total. The third-order valence-corrected chi connectivity index (χ3v) is 6.47. The maximum absolute atomic E-state index is 12.9. The highest BCUT2D eigenvalue weighted by Crippen LogP contribution is 2.61. The van der Waals surface area contributed by atoms with Crippen molar-refractivity contribution in [1.82, 2.24) is 0 Å². The lowest BCUT2D eigenvalue weighted by molar-refractivity contribution is -0.389. The first-order valence-corrected chi connectivity index (χ1v) is 8.14. The Morgan fingerprint density at radius 1 is 1.12 bits per heavy atom. The van der Waals surface area contributed by atoms with Crippen molar-refractivity contribution in [2.24, 2.45) is 29.1 Å². The highest BCUT2D eigenvalue weighted by Gasteiger charge is 2.75. The lowest BCUT2D eigenvalue weighted by Crippen LogP contribution is -2.64. The fourth-order valence-electron chi connectivity index (χ4n) is 4.59. The number of halogens is 6. The summed E-state index contributed by atoms with van der Waals surface area (Å²) in [6, 6.07) is 0. The van der Waals surface area contributed by atoms with Gasteiger partial charge in [0.1, 0.15) is 6.10 Å². The van der Waals surface area contributed by atoms with E-state index in [9.17, 15) is 36.2 Å². The molecular weight excluding hydrogens is 354 g/mol. The third-order valence-electron chi connectivity index (χ3n) is 6.47. The quantitative estimate of drug-likeness (QED) is 0.596. The number of carbonyl (C=O) groups excluding carboxylic acids is 1. The minimum Gasteiger partial charge on any atom is -0.458 e. The SMILES string of the molecule is CC1C2CC(C1C)C(C)(C(=O)OC(C)C(O)(C(F)(F)F)C(F)(F)F)C2. The van der Waals surface area contributed by atoms with Gasteiger partial charge in [0.15, 0.2) is 0 Å². The van der Waals surface area contributed by atoms with E-state index in [0.717, 1.165) is 0 Å². The molecule has 2 bridgehead atoms. The molecule has 0 aliphatic heterocycles. The molecule has 0 aromatic heterocycles. The van der Waals surface area contributed by atoms with Gasteiger partial charge in [-0.3, -0.25) is 4.79 Å². The Hall–Kier alpha value is -0.990. The second kappa shape index (κ2) is 5.76. The molecule has 3 nitrogen and oxygen atoms in total. The second-order valence-electron chi connectivity index (χ2n) is 7.75. The van der Waals surface area contributed by atoms with Crippen LogP contribution in [0.25, 0.3) is 0 Å². The number of alkyl halides is 6. The Kier molecular flexibility index (Phi) is 4.68. The fraction of sp³-hybridized carbons (Fsp3) is 0.938. The van der Waals surface area contributed by atoms with Crippen LogP contribution >= 0.6 is 0 Å². The summed E-state index contributed by atoms with van der Waals surface area (Å²) in [5.74, 6) is -0.617. The molecule has 0 spiro atoms. The van der Waals surface area contributed by atoms with E-state index in [1.54, 1.807) is 0 Å². The zero-order chi connectivity index (χ0) is 19.6. The van der Waals surface area contributed by atoms with Crippen molar-refractivity contribution in [3.8, 4) is 0 Å². The molecule has 2 aliphatic rings. The minimum atomic E-state index is -6.03. The molecule has 0 aromatic carbocycles. The van der Waals surface area contributed by atoms with Crippen molar-refractivity contribution >= 4 is 5.97 Å². The molecule has 6 unspecified atom stereocenters. The van der Waals surface area contributed by atoms with Gasteiger partial charge < -0.3 is 9.84 Å². The predicted octanol–water partition coefficient (Wildman–Crippen LogP) is 4.09. The number of fused-ring (bicyclic) bond motifs is 2. The average Bonchev–Trinajstić information content (AvgIpc) is 2.93. The number of hydrogen-bond acceptors (Lipinski definition) is 3. The molecule has 0 amide bonds. The predicted molar refractivity (Wildman–Crippen MR) is 75.3 cm³/mol. The van der Waals surface area contributed by atoms with Crippen LogP contribution in [0.1, 0.15) is 40.5 Å². The monoisotopic (exact) mass is 376 g/mol. The van der Waals surface area contributed by atoms with Crippen molar-refractivity contribution in [2.45, 2.75) is 64.6 Å². The highest BCUT2D eigenvalue weighted by atomic mass is 19.4. The Morgan fingerprint density at radius 2 is 1.60 bits per heavy atom. The van der Waals surface area contributed by atoms with Crippen LogP contribution in [0.3, 0.4) is 0 Å². The van der Waals surface area contributed by atoms with Crippen LogP contribution in [0.5, 0.6) is 0 Å². The molecule has 9 heteroatoms. The van der Waals surface area contributed by atoms with Gasteiger partial charge in [0.05, 0.1) is 5.41 Å². The molecular formula is C16H22F6O3. The molecule has 6 atom stereocenters. The zero-order valence-electron chi connectivity index (χ0n) is 14.3. The topological polar surface area (TPSA) is 46.5 Å². The van der Waals surface area contributed by atoms with E-state index in [1.165, 1.54) is 6.92 Å². The van der Waals surface area contributed by atoms with Gasteiger partial charge in [0.25, 0.3) is 5.60 Å². The summed E-state index contributed by atoms with van der Waals surface area (Å²) in [5.41, 5.74) is -6.24. The third kappa shape index (κ3) is 2.82. The van der Waals surface area contributed by atoms with E-state index in [2.05, 4.69) is 4.74 Å². The van der Waals surface area contributed by atoms with Gasteiger partial charge in [-0.25, -0.2) is 0 Å². The largest absolute Gasteiger partial charge is 0.458 e. The normalized spacial score (nSPS) is 37.2. The van der Waals surface area contributed by atoms with Crippen LogP contribution in [-0.4, -0.2) is 35.1 Å². The Labute approximate surface area is 141 Å². The van der Waals surface area contributed by atoms with Gasteiger partial charge in [-0.1, -0.05) is 13.8 Å². The minimum absolute atomic E-state index is 0.121. The lowest BCUT2D eigenvalue weighted by atomic mass is 9.67. The van der Waals surface area contributed by atoms with E-state index < -0.39 is 35.4 Å². The molecule has 0 heterocycles. The van der Waals surface area contributed by atoms with E-state index in [4.69, 9.17) is 0 Å².